The summed E-state index contributed by atoms with van der Waals surface area (Å²) >= 11 is 0. The second-order valence-electron chi connectivity index (χ2n) is 14.2. The van der Waals surface area contributed by atoms with Crippen molar-refractivity contribution in [2.45, 2.75) is 103 Å². The first-order valence-electron chi connectivity index (χ1n) is 15.1. The minimum absolute atomic E-state index is 0.0653. The molecular formula is C35H43F2N3O3. The van der Waals surface area contributed by atoms with E-state index in [0.29, 0.717) is 12.4 Å². The van der Waals surface area contributed by atoms with Gasteiger partial charge in [-0.3, -0.25) is 9.88 Å². The molecule has 0 radical (unpaired) electrons. The molecule has 3 aliphatic carbocycles. The lowest BCUT2D eigenvalue weighted by Crippen LogP contribution is -2.51. The van der Waals surface area contributed by atoms with Crippen LogP contribution in [0.25, 0.3) is 11.1 Å². The molecule has 43 heavy (non-hydrogen) atoms. The number of fused-ring (bicyclic) bond motifs is 3. The van der Waals surface area contributed by atoms with Crippen LogP contribution in [-0.4, -0.2) is 33.3 Å². The van der Waals surface area contributed by atoms with E-state index in [9.17, 15) is 18.7 Å². The summed E-state index contributed by atoms with van der Waals surface area (Å²) in [7, 11) is 0. The molecule has 3 aliphatic rings. The molecule has 1 amide bonds. The molecule has 0 saturated heterocycles. The Balaban J connectivity index is 1.39. The third kappa shape index (κ3) is 6.74. The Labute approximate surface area is 253 Å². The molecule has 2 bridgehead atoms. The van der Waals surface area contributed by atoms with Crippen LogP contribution in [0.5, 0.6) is 0 Å². The first-order chi connectivity index (χ1) is 20.0. The van der Waals surface area contributed by atoms with Gasteiger partial charge in [0.25, 0.3) is 5.92 Å². The number of pyridine rings is 2. The number of hydrogen-bond donors (Lipinski definition) is 1. The Hall–Kier alpha value is -3.39. The highest BCUT2D eigenvalue weighted by atomic mass is 19.3. The topological polar surface area (TPSA) is 75.5 Å². The van der Waals surface area contributed by atoms with E-state index in [0.717, 1.165) is 67.8 Å². The Morgan fingerprint density at radius 2 is 1.47 bits per heavy atom. The van der Waals surface area contributed by atoms with E-state index in [2.05, 4.69) is 9.97 Å². The number of anilines is 1. The van der Waals surface area contributed by atoms with Gasteiger partial charge in [-0.05, 0) is 120 Å². The standard InChI is InChI=1S/C35H43F2N3O3/c1-31(2,3)43-30(41)40(29-21-25(13-20-38-29)24-7-9-26(10-8-24)32(4,5)42)23-34-14-17-35(18-15-34,19-16-34)28-12-11-27(22-39-28)33(6,36)37/h7-13,20-22,42H,14-19,23H2,1-6H3. The predicted molar refractivity (Wildman–Crippen MR) is 164 cm³/mol. The van der Waals surface area contributed by atoms with Crippen molar-refractivity contribution in [2.24, 2.45) is 5.41 Å². The van der Waals surface area contributed by atoms with Crippen molar-refractivity contribution in [3.8, 4) is 11.1 Å². The molecule has 8 heteroatoms. The molecule has 0 spiro atoms. The Kier molecular flexibility index (Phi) is 7.91. The highest BCUT2D eigenvalue weighted by Gasteiger charge is 2.51. The normalized spacial score (nSPS) is 22.3. The maximum Gasteiger partial charge on any atom is 0.416 e. The van der Waals surface area contributed by atoms with Gasteiger partial charge in [0, 0.05) is 42.5 Å². The largest absolute Gasteiger partial charge is 0.443 e. The fourth-order valence-electron chi connectivity index (χ4n) is 6.56. The summed E-state index contributed by atoms with van der Waals surface area (Å²) in [5.74, 6) is -2.37. The van der Waals surface area contributed by atoms with Crippen LogP contribution in [0.3, 0.4) is 0 Å². The summed E-state index contributed by atoms with van der Waals surface area (Å²) in [4.78, 5) is 24.5. The van der Waals surface area contributed by atoms with Gasteiger partial charge in [-0.1, -0.05) is 24.3 Å². The number of rotatable bonds is 7. The van der Waals surface area contributed by atoms with Crippen molar-refractivity contribution in [1.82, 2.24) is 9.97 Å². The van der Waals surface area contributed by atoms with Gasteiger partial charge in [0.15, 0.2) is 0 Å². The predicted octanol–water partition coefficient (Wildman–Crippen LogP) is 8.52. The van der Waals surface area contributed by atoms with Gasteiger partial charge in [0.2, 0.25) is 0 Å². The van der Waals surface area contributed by atoms with E-state index >= 15 is 0 Å². The second kappa shape index (κ2) is 11.0. The lowest BCUT2D eigenvalue weighted by Gasteiger charge is -2.54. The number of halogens is 2. The van der Waals surface area contributed by atoms with Crippen molar-refractivity contribution in [3.05, 3.63) is 77.7 Å². The van der Waals surface area contributed by atoms with Gasteiger partial charge < -0.3 is 9.84 Å². The average molecular weight is 592 g/mol. The number of nitrogens with zero attached hydrogens (tertiary/aromatic N) is 3. The van der Waals surface area contributed by atoms with Gasteiger partial charge in [-0.25, -0.2) is 18.6 Å². The lowest BCUT2D eigenvalue weighted by molar-refractivity contribution is 0.0164. The SMILES string of the molecule is CC(C)(C)OC(=O)N(CC12CCC(c3ccc(C(C)(F)F)cn3)(CC1)CC2)c1cc(-c2ccc(C(C)(C)O)cc2)ccn1. The van der Waals surface area contributed by atoms with Crippen LogP contribution in [0.1, 0.15) is 96.9 Å². The summed E-state index contributed by atoms with van der Waals surface area (Å²) in [6, 6.07) is 14.9. The fourth-order valence-corrected chi connectivity index (χ4v) is 6.56. The molecule has 1 aromatic carbocycles. The number of hydrogen-bond acceptors (Lipinski definition) is 5. The van der Waals surface area contributed by atoms with Crippen LogP contribution in [0.2, 0.25) is 0 Å². The van der Waals surface area contributed by atoms with Crippen molar-refractivity contribution in [3.63, 3.8) is 0 Å². The smallest absolute Gasteiger partial charge is 0.416 e. The number of carbonyl (C=O) groups excluding carboxylic acids is 1. The summed E-state index contributed by atoms with van der Waals surface area (Å²) in [5, 5.41) is 10.3. The number of aromatic nitrogens is 2. The molecule has 0 unspecified atom stereocenters. The van der Waals surface area contributed by atoms with E-state index in [1.54, 1.807) is 31.0 Å². The Morgan fingerprint density at radius 3 is 1.98 bits per heavy atom. The number of aliphatic hydroxyl groups is 1. The zero-order valence-electron chi connectivity index (χ0n) is 26.1. The first kappa shape index (κ1) is 31.0. The van der Waals surface area contributed by atoms with E-state index < -0.39 is 23.2 Å². The minimum Gasteiger partial charge on any atom is -0.443 e. The number of amides is 1. The van der Waals surface area contributed by atoms with E-state index in [1.165, 1.54) is 12.3 Å². The van der Waals surface area contributed by atoms with E-state index in [1.807, 2.05) is 57.2 Å². The number of alkyl halides is 2. The molecular weight excluding hydrogens is 548 g/mol. The second-order valence-corrected chi connectivity index (χ2v) is 14.2. The first-order valence-corrected chi connectivity index (χ1v) is 15.1. The van der Waals surface area contributed by atoms with Crippen LogP contribution in [0.15, 0.2) is 60.9 Å². The Morgan fingerprint density at radius 1 is 0.860 bits per heavy atom. The van der Waals surface area contributed by atoms with Crippen LogP contribution in [-0.2, 0) is 21.7 Å². The monoisotopic (exact) mass is 591 g/mol. The van der Waals surface area contributed by atoms with Gasteiger partial charge in [-0.2, -0.15) is 0 Å². The van der Waals surface area contributed by atoms with Gasteiger partial charge in [0.1, 0.15) is 11.4 Å². The molecule has 3 saturated carbocycles. The van der Waals surface area contributed by atoms with E-state index in [4.69, 9.17) is 4.74 Å². The zero-order chi connectivity index (χ0) is 31.3. The molecule has 3 fully saturated rings. The number of ether oxygens (including phenoxy) is 1. The maximum absolute atomic E-state index is 13.8. The molecule has 2 aromatic heterocycles. The van der Waals surface area contributed by atoms with Crippen molar-refractivity contribution in [2.75, 3.05) is 11.4 Å². The van der Waals surface area contributed by atoms with Crippen LogP contribution in [0.4, 0.5) is 19.4 Å². The van der Waals surface area contributed by atoms with Crippen LogP contribution >= 0.6 is 0 Å². The average Bonchev–Trinajstić information content (AvgIpc) is 2.95. The minimum atomic E-state index is -2.91. The fraction of sp³-hybridized carbons (Fsp3) is 0.514. The molecule has 6 rings (SSSR count). The van der Waals surface area contributed by atoms with Gasteiger partial charge in [0.05, 0.1) is 5.60 Å². The van der Waals surface area contributed by atoms with Gasteiger partial charge >= 0.3 is 6.09 Å². The molecule has 6 nitrogen and oxygen atoms in total. The quantitative estimate of drug-likeness (QED) is 0.298. The summed E-state index contributed by atoms with van der Waals surface area (Å²) in [5.41, 5.74) is 1.70. The maximum atomic E-state index is 13.8. The van der Waals surface area contributed by atoms with E-state index in [-0.39, 0.29) is 16.4 Å². The van der Waals surface area contributed by atoms with Crippen LogP contribution in [0, 0.1) is 5.41 Å². The molecule has 2 heterocycles. The Bertz CT molecular complexity index is 1430. The molecule has 230 valence electrons. The van der Waals surface area contributed by atoms with Gasteiger partial charge in [-0.15, -0.1) is 0 Å². The van der Waals surface area contributed by atoms with Crippen molar-refractivity contribution in [1.29, 1.82) is 0 Å². The molecule has 1 N–H and O–H groups in total. The molecule has 0 atom stereocenters. The third-order valence-electron chi connectivity index (χ3n) is 9.27. The lowest BCUT2D eigenvalue weighted by atomic mass is 9.52. The number of carbonyl (C=O) groups is 1. The third-order valence-corrected chi connectivity index (χ3v) is 9.27. The highest BCUT2D eigenvalue weighted by molar-refractivity contribution is 5.87. The van der Waals surface area contributed by atoms with Crippen LogP contribution < -0.4 is 4.90 Å². The summed E-state index contributed by atoms with van der Waals surface area (Å²) in [6.45, 7) is 10.5. The summed E-state index contributed by atoms with van der Waals surface area (Å²) < 4.78 is 33.4. The highest BCUT2D eigenvalue weighted by Crippen LogP contribution is 2.58. The molecule has 0 aliphatic heterocycles. The van der Waals surface area contributed by atoms with Crippen molar-refractivity contribution < 1.29 is 23.4 Å². The number of benzene rings is 1. The molecule has 3 aromatic rings. The zero-order valence-corrected chi connectivity index (χ0v) is 26.1. The van der Waals surface area contributed by atoms with Crippen molar-refractivity contribution >= 4 is 11.9 Å². The summed E-state index contributed by atoms with van der Waals surface area (Å²) in [6.07, 6.45) is 7.99.